The number of nitrogens with zero attached hydrogens (tertiary/aromatic N) is 2. The average molecular weight is 405 g/mol. The van der Waals surface area contributed by atoms with Gasteiger partial charge in [0.15, 0.2) is 5.92 Å². The second-order valence-corrected chi connectivity index (χ2v) is 7.45. The van der Waals surface area contributed by atoms with Crippen molar-refractivity contribution in [1.82, 2.24) is 20.7 Å². The van der Waals surface area contributed by atoms with Crippen LogP contribution in [0.3, 0.4) is 0 Å². The van der Waals surface area contributed by atoms with Crippen LogP contribution in [0.5, 0.6) is 0 Å². The molecule has 0 aliphatic carbocycles. The summed E-state index contributed by atoms with van der Waals surface area (Å²) in [6, 6.07) is 8.67. The van der Waals surface area contributed by atoms with E-state index in [1.165, 1.54) is 0 Å². The van der Waals surface area contributed by atoms with Gasteiger partial charge in [-0.2, -0.15) is 13.2 Å². The molecule has 3 atom stereocenters. The number of alkyl halides is 3. The zero-order valence-corrected chi connectivity index (χ0v) is 15.8. The van der Waals surface area contributed by atoms with E-state index in [0.717, 1.165) is 22.4 Å². The summed E-state index contributed by atoms with van der Waals surface area (Å²) in [5, 5.41) is 3.46. The van der Waals surface area contributed by atoms with Gasteiger partial charge in [0, 0.05) is 49.8 Å². The van der Waals surface area contributed by atoms with Gasteiger partial charge < -0.3 is 5.32 Å². The SMILES string of the molecule is CC(Nc1cccc2c1CN(C1CNNC(=O)C1C(F)(F)F)C2)c1ccncc1. The molecule has 1 amide bonds. The van der Waals surface area contributed by atoms with E-state index in [1.807, 2.05) is 37.3 Å². The average Bonchev–Trinajstić information content (AvgIpc) is 3.13. The summed E-state index contributed by atoms with van der Waals surface area (Å²) in [4.78, 5) is 17.7. The predicted octanol–water partition coefficient (Wildman–Crippen LogP) is 2.75. The Hall–Kier alpha value is -2.65. The quantitative estimate of drug-likeness (QED) is 0.730. The Balaban J connectivity index is 1.55. The Kier molecular flexibility index (Phi) is 5.18. The van der Waals surface area contributed by atoms with Crippen LogP contribution >= 0.6 is 0 Å². The standard InChI is InChI=1S/C20H22F3N5O/c1-12(13-5-7-24-8-6-13)26-16-4-2-3-14-10-28(11-15(14)16)17-9-25-27-19(29)18(17)20(21,22)23/h2-8,12,17-18,25-26H,9-11H2,1H3,(H,27,29). The van der Waals surface area contributed by atoms with E-state index < -0.39 is 24.0 Å². The number of aromatic nitrogens is 1. The molecule has 0 saturated carbocycles. The van der Waals surface area contributed by atoms with Crippen LogP contribution in [-0.4, -0.2) is 34.6 Å². The van der Waals surface area contributed by atoms with Crippen molar-refractivity contribution in [3.63, 3.8) is 0 Å². The van der Waals surface area contributed by atoms with E-state index in [0.29, 0.717) is 13.1 Å². The molecular formula is C20H22F3N5O. The normalized spacial score (nSPS) is 23.4. The van der Waals surface area contributed by atoms with Crippen LogP contribution in [-0.2, 0) is 17.9 Å². The first-order valence-corrected chi connectivity index (χ1v) is 9.45. The molecule has 1 saturated heterocycles. The molecule has 3 heterocycles. The third-order valence-corrected chi connectivity index (χ3v) is 5.60. The number of amides is 1. The summed E-state index contributed by atoms with van der Waals surface area (Å²) in [7, 11) is 0. The fraction of sp³-hybridized carbons (Fsp3) is 0.400. The first kappa shape index (κ1) is 19.7. The van der Waals surface area contributed by atoms with Gasteiger partial charge in [-0.25, -0.2) is 5.43 Å². The van der Waals surface area contributed by atoms with Gasteiger partial charge in [-0.05, 0) is 41.8 Å². The first-order chi connectivity index (χ1) is 13.8. The monoisotopic (exact) mass is 405 g/mol. The van der Waals surface area contributed by atoms with Gasteiger partial charge in [0.1, 0.15) is 0 Å². The van der Waals surface area contributed by atoms with E-state index in [4.69, 9.17) is 0 Å². The van der Waals surface area contributed by atoms with E-state index in [9.17, 15) is 18.0 Å². The molecule has 6 nitrogen and oxygen atoms in total. The van der Waals surface area contributed by atoms with Gasteiger partial charge in [0.05, 0.1) is 0 Å². The summed E-state index contributed by atoms with van der Waals surface area (Å²) < 4.78 is 40.6. The Bertz CT molecular complexity index is 889. The third-order valence-electron chi connectivity index (χ3n) is 5.60. The van der Waals surface area contributed by atoms with E-state index in [2.05, 4.69) is 21.2 Å². The number of halogens is 3. The maximum atomic E-state index is 13.5. The van der Waals surface area contributed by atoms with Crippen molar-refractivity contribution < 1.29 is 18.0 Å². The van der Waals surface area contributed by atoms with Gasteiger partial charge in [-0.3, -0.25) is 20.1 Å². The highest BCUT2D eigenvalue weighted by Crippen LogP contribution is 2.38. The lowest BCUT2D eigenvalue weighted by Gasteiger charge is -2.38. The zero-order valence-electron chi connectivity index (χ0n) is 15.8. The van der Waals surface area contributed by atoms with E-state index >= 15 is 0 Å². The summed E-state index contributed by atoms with van der Waals surface area (Å²) in [6.45, 7) is 2.80. The Morgan fingerprint density at radius 1 is 1.21 bits per heavy atom. The number of pyridine rings is 1. The number of benzene rings is 1. The lowest BCUT2D eigenvalue weighted by molar-refractivity contribution is -0.201. The molecule has 3 N–H and O–H groups in total. The van der Waals surface area contributed by atoms with E-state index in [1.54, 1.807) is 17.3 Å². The molecule has 154 valence electrons. The highest BCUT2D eigenvalue weighted by molar-refractivity contribution is 5.80. The molecule has 0 bridgehead atoms. The topological polar surface area (TPSA) is 69.3 Å². The lowest BCUT2D eigenvalue weighted by Crippen LogP contribution is -2.63. The fourth-order valence-corrected chi connectivity index (χ4v) is 4.11. The van der Waals surface area contributed by atoms with Crippen molar-refractivity contribution in [3.05, 3.63) is 59.4 Å². The minimum Gasteiger partial charge on any atom is -0.378 e. The number of fused-ring (bicyclic) bond motifs is 1. The minimum atomic E-state index is -4.59. The predicted molar refractivity (Wildman–Crippen MR) is 101 cm³/mol. The summed E-state index contributed by atoms with van der Waals surface area (Å²) in [5.74, 6) is -3.08. The van der Waals surface area contributed by atoms with Crippen LogP contribution in [0.15, 0.2) is 42.7 Å². The molecule has 0 radical (unpaired) electrons. The number of anilines is 1. The molecule has 1 fully saturated rings. The van der Waals surface area contributed by atoms with Crippen molar-refractivity contribution in [1.29, 1.82) is 0 Å². The third kappa shape index (κ3) is 3.92. The smallest absolute Gasteiger partial charge is 0.378 e. The molecule has 0 spiro atoms. The van der Waals surface area contributed by atoms with Crippen molar-refractivity contribution in [2.45, 2.75) is 38.3 Å². The second kappa shape index (κ2) is 7.64. The Morgan fingerprint density at radius 3 is 2.69 bits per heavy atom. The van der Waals surface area contributed by atoms with Crippen LogP contribution < -0.4 is 16.2 Å². The molecule has 2 aromatic rings. The molecule has 2 aliphatic heterocycles. The number of carbonyl (C=O) groups is 1. The summed E-state index contributed by atoms with van der Waals surface area (Å²) >= 11 is 0. The molecule has 4 rings (SSSR count). The first-order valence-electron chi connectivity index (χ1n) is 9.45. The van der Waals surface area contributed by atoms with Crippen LogP contribution in [0.2, 0.25) is 0 Å². The largest absolute Gasteiger partial charge is 0.402 e. The summed E-state index contributed by atoms with van der Waals surface area (Å²) in [5.41, 5.74) is 8.62. The second-order valence-electron chi connectivity index (χ2n) is 7.45. The van der Waals surface area contributed by atoms with Gasteiger partial charge in [0.25, 0.3) is 0 Å². The van der Waals surface area contributed by atoms with Crippen LogP contribution in [0, 0.1) is 5.92 Å². The highest BCUT2D eigenvalue weighted by atomic mass is 19.4. The molecule has 2 aliphatic rings. The maximum Gasteiger partial charge on any atom is 0.402 e. The number of rotatable bonds is 4. The number of hydrogen-bond donors (Lipinski definition) is 3. The minimum absolute atomic E-state index is 0.0172. The van der Waals surface area contributed by atoms with Crippen molar-refractivity contribution in [2.24, 2.45) is 5.92 Å². The molecular weight excluding hydrogens is 383 g/mol. The number of nitrogens with one attached hydrogen (secondary N) is 3. The Labute approximate surface area is 166 Å². The van der Waals surface area contributed by atoms with Gasteiger partial charge in [0.2, 0.25) is 5.91 Å². The molecule has 9 heteroatoms. The fourth-order valence-electron chi connectivity index (χ4n) is 4.11. The van der Waals surface area contributed by atoms with Gasteiger partial charge in [-0.1, -0.05) is 12.1 Å². The van der Waals surface area contributed by atoms with Crippen LogP contribution in [0.1, 0.15) is 29.7 Å². The molecule has 3 unspecified atom stereocenters. The van der Waals surface area contributed by atoms with Gasteiger partial charge in [-0.15, -0.1) is 0 Å². The van der Waals surface area contributed by atoms with Crippen molar-refractivity contribution in [2.75, 3.05) is 11.9 Å². The van der Waals surface area contributed by atoms with Gasteiger partial charge >= 0.3 is 6.18 Å². The number of hydrogen-bond acceptors (Lipinski definition) is 5. The Morgan fingerprint density at radius 2 is 1.97 bits per heavy atom. The number of hydrazine groups is 1. The van der Waals surface area contributed by atoms with Crippen LogP contribution in [0.25, 0.3) is 0 Å². The van der Waals surface area contributed by atoms with Crippen molar-refractivity contribution >= 4 is 11.6 Å². The number of carbonyl (C=O) groups excluding carboxylic acids is 1. The van der Waals surface area contributed by atoms with Crippen LogP contribution in [0.4, 0.5) is 18.9 Å². The molecule has 1 aromatic heterocycles. The van der Waals surface area contributed by atoms with Crippen molar-refractivity contribution in [3.8, 4) is 0 Å². The molecule has 1 aromatic carbocycles. The summed E-state index contributed by atoms with van der Waals surface area (Å²) in [6.07, 6.45) is -1.14. The highest BCUT2D eigenvalue weighted by Gasteiger charge is 2.53. The zero-order chi connectivity index (χ0) is 20.6. The lowest BCUT2D eigenvalue weighted by atomic mass is 9.95. The maximum absolute atomic E-state index is 13.5. The van der Waals surface area contributed by atoms with E-state index in [-0.39, 0.29) is 12.6 Å². The molecule has 29 heavy (non-hydrogen) atoms.